The average Bonchev–Trinajstić information content (AvgIpc) is 2.45. The predicted octanol–water partition coefficient (Wildman–Crippen LogP) is 2.92. The van der Waals surface area contributed by atoms with Crippen molar-refractivity contribution in [2.45, 2.75) is 6.92 Å². The Labute approximate surface area is 125 Å². The van der Waals surface area contributed by atoms with Crippen LogP contribution in [0.4, 0.5) is 17.1 Å². The summed E-state index contributed by atoms with van der Waals surface area (Å²) < 4.78 is 0. The Balaban J connectivity index is 2.45. The highest BCUT2D eigenvalue weighted by Crippen LogP contribution is 2.26. The number of nitrogens with two attached hydrogens (primary N) is 1. The van der Waals surface area contributed by atoms with Crippen LogP contribution in [-0.4, -0.2) is 27.1 Å². The van der Waals surface area contributed by atoms with Gasteiger partial charge in [0.15, 0.2) is 0 Å². The number of hydrogen-bond donors (Lipinski definition) is 1. The molecule has 0 unspecified atom stereocenters. The maximum absolute atomic E-state index is 12.8. The summed E-state index contributed by atoms with van der Waals surface area (Å²) in [6.07, 6.45) is 0. The molecule has 2 N–H and O–H groups in total. The molecule has 4 heteroatoms. The molecule has 0 aromatic heterocycles. The van der Waals surface area contributed by atoms with Gasteiger partial charge in [0.25, 0.3) is 5.91 Å². The number of benzene rings is 2. The van der Waals surface area contributed by atoms with E-state index >= 15 is 0 Å². The van der Waals surface area contributed by atoms with E-state index < -0.39 is 0 Å². The molecule has 0 saturated heterocycles. The summed E-state index contributed by atoms with van der Waals surface area (Å²) in [7, 11) is 5.61. The van der Waals surface area contributed by atoms with E-state index in [4.69, 9.17) is 5.73 Å². The summed E-state index contributed by atoms with van der Waals surface area (Å²) in [5.41, 5.74) is 9.85. The van der Waals surface area contributed by atoms with E-state index in [0.717, 1.165) is 16.9 Å². The van der Waals surface area contributed by atoms with E-state index in [1.807, 2.05) is 56.3 Å². The zero-order chi connectivity index (χ0) is 15.6. The lowest BCUT2D eigenvalue weighted by molar-refractivity contribution is 0.0993. The van der Waals surface area contributed by atoms with Crippen LogP contribution in [0.2, 0.25) is 0 Å². The number of amides is 1. The normalized spacial score (nSPS) is 10.3. The monoisotopic (exact) mass is 283 g/mol. The SMILES string of the molecule is Cc1ccccc1N(C)C(=O)c1cc(N)ccc1N(C)C. The van der Waals surface area contributed by atoms with Crippen LogP contribution in [0.5, 0.6) is 0 Å². The molecule has 0 atom stereocenters. The first kappa shape index (κ1) is 14.9. The van der Waals surface area contributed by atoms with Crippen molar-refractivity contribution in [3.8, 4) is 0 Å². The van der Waals surface area contributed by atoms with Crippen LogP contribution in [0, 0.1) is 6.92 Å². The van der Waals surface area contributed by atoms with E-state index in [0.29, 0.717) is 11.3 Å². The fourth-order valence-corrected chi connectivity index (χ4v) is 2.34. The second-order valence-electron chi connectivity index (χ2n) is 5.32. The summed E-state index contributed by atoms with van der Waals surface area (Å²) in [6, 6.07) is 13.2. The highest BCUT2D eigenvalue weighted by atomic mass is 16.2. The summed E-state index contributed by atoms with van der Waals surface area (Å²) >= 11 is 0. The van der Waals surface area contributed by atoms with Gasteiger partial charge in [-0.2, -0.15) is 0 Å². The first-order valence-corrected chi connectivity index (χ1v) is 6.82. The Morgan fingerprint density at radius 3 is 2.29 bits per heavy atom. The number of carbonyl (C=O) groups excluding carboxylic acids is 1. The van der Waals surface area contributed by atoms with Gasteiger partial charge in [0, 0.05) is 38.2 Å². The number of carbonyl (C=O) groups is 1. The lowest BCUT2D eigenvalue weighted by Crippen LogP contribution is -2.28. The molecule has 0 aliphatic heterocycles. The van der Waals surface area contributed by atoms with Crippen LogP contribution in [0.15, 0.2) is 42.5 Å². The molecular weight excluding hydrogens is 262 g/mol. The van der Waals surface area contributed by atoms with E-state index in [1.54, 1.807) is 24.1 Å². The Morgan fingerprint density at radius 2 is 1.67 bits per heavy atom. The van der Waals surface area contributed by atoms with Gasteiger partial charge in [-0.15, -0.1) is 0 Å². The third-order valence-corrected chi connectivity index (χ3v) is 3.51. The minimum Gasteiger partial charge on any atom is -0.399 e. The highest BCUT2D eigenvalue weighted by Gasteiger charge is 2.19. The van der Waals surface area contributed by atoms with Crippen molar-refractivity contribution >= 4 is 23.0 Å². The number of rotatable bonds is 3. The molecule has 1 amide bonds. The zero-order valence-corrected chi connectivity index (χ0v) is 12.9. The zero-order valence-electron chi connectivity index (χ0n) is 12.9. The predicted molar refractivity (Wildman–Crippen MR) is 89.1 cm³/mol. The molecule has 110 valence electrons. The Hall–Kier alpha value is -2.49. The fourth-order valence-electron chi connectivity index (χ4n) is 2.34. The van der Waals surface area contributed by atoms with Gasteiger partial charge < -0.3 is 15.5 Å². The molecule has 0 saturated carbocycles. The maximum Gasteiger partial charge on any atom is 0.260 e. The van der Waals surface area contributed by atoms with E-state index in [-0.39, 0.29) is 5.91 Å². The van der Waals surface area contributed by atoms with Crippen molar-refractivity contribution in [1.29, 1.82) is 0 Å². The molecule has 0 radical (unpaired) electrons. The molecule has 0 aliphatic carbocycles. The quantitative estimate of drug-likeness (QED) is 0.881. The lowest BCUT2D eigenvalue weighted by Gasteiger charge is -2.23. The summed E-state index contributed by atoms with van der Waals surface area (Å²) in [6.45, 7) is 1.99. The van der Waals surface area contributed by atoms with Crippen molar-refractivity contribution in [2.24, 2.45) is 0 Å². The van der Waals surface area contributed by atoms with Crippen molar-refractivity contribution in [2.75, 3.05) is 36.7 Å². The topological polar surface area (TPSA) is 49.6 Å². The lowest BCUT2D eigenvalue weighted by atomic mass is 10.1. The molecular formula is C17H21N3O. The van der Waals surface area contributed by atoms with Gasteiger partial charge in [0.2, 0.25) is 0 Å². The van der Waals surface area contributed by atoms with Gasteiger partial charge in [0.1, 0.15) is 0 Å². The number of para-hydroxylation sites is 1. The van der Waals surface area contributed by atoms with Crippen molar-refractivity contribution in [3.05, 3.63) is 53.6 Å². The highest BCUT2D eigenvalue weighted by molar-refractivity contribution is 6.10. The minimum absolute atomic E-state index is 0.0692. The van der Waals surface area contributed by atoms with E-state index in [2.05, 4.69) is 0 Å². The van der Waals surface area contributed by atoms with E-state index in [1.165, 1.54) is 0 Å². The van der Waals surface area contributed by atoms with Crippen molar-refractivity contribution in [3.63, 3.8) is 0 Å². The van der Waals surface area contributed by atoms with Gasteiger partial charge in [-0.05, 0) is 36.8 Å². The molecule has 0 fully saturated rings. The number of anilines is 3. The first-order chi connectivity index (χ1) is 9.91. The average molecular weight is 283 g/mol. The van der Waals surface area contributed by atoms with Crippen LogP contribution >= 0.6 is 0 Å². The Kier molecular flexibility index (Phi) is 4.17. The van der Waals surface area contributed by atoms with Gasteiger partial charge in [-0.25, -0.2) is 0 Å². The van der Waals surface area contributed by atoms with Crippen molar-refractivity contribution in [1.82, 2.24) is 0 Å². The minimum atomic E-state index is -0.0692. The molecule has 0 heterocycles. The fraction of sp³-hybridized carbons (Fsp3) is 0.235. The molecule has 2 rings (SSSR count). The summed E-state index contributed by atoms with van der Waals surface area (Å²) in [4.78, 5) is 16.4. The van der Waals surface area contributed by atoms with Crippen LogP contribution < -0.4 is 15.5 Å². The molecule has 0 bridgehead atoms. The van der Waals surface area contributed by atoms with Gasteiger partial charge >= 0.3 is 0 Å². The van der Waals surface area contributed by atoms with Crippen LogP contribution in [0.1, 0.15) is 15.9 Å². The number of aryl methyl sites for hydroxylation is 1. The molecule has 0 spiro atoms. The van der Waals surface area contributed by atoms with Crippen LogP contribution in [0.25, 0.3) is 0 Å². The second-order valence-corrected chi connectivity index (χ2v) is 5.32. The summed E-state index contributed by atoms with van der Waals surface area (Å²) in [5.74, 6) is -0.0692. The first-order valence-electron chi connectivity index (χ1n) is 6.82. The standard InChI is InChI=1S/C17H21N3O/c1-12-7-5-6-8-15(12)20(4)17(21)14-11-13(18)9-10-16(14)19(2)3/h5-11H,18H2,1-4H3. The van der Waals surface area contributed by atoms with Gasteiger partial charge in [-0.3, -0.25) is 4.79 Å². The maximum atomic E-state index is 12.8. The number of nitrogen functional groups attached to an aromatic ring is 1. The summed E-state index contributed by atoms with van der Waals surface area (Å²) in [5, 5.41) is 0. The van der Waals surface area contributed by atoms with Crippen molar-refractivity contribution < 1.29 is 4.79 Å². The van der Waals surface area contributed by atoms with Gasteiger partial charge in [-0.1, -0.05) is 18.2 Å². The molecule has 0 aliphatic rings. The third-order valence-electron chi connectivity index (χ3n) is 3.51. The molecule has 21 heavy (non-hydrogen) atoms. The Morgan fingerprint density at radius 1 is 1.00 bits per heavy atom. The van der Waals surface area contributed by atoms with Crippen LogP contribution in [-0.2, 0) is 0 Å². The second kappa shape index (κ2) is 5.87. The Bertz CT molecular complexity index is 665. The molecule has 4 nitrogen and oxygen atoms in total. The largest absolute Gasteiger partial charge is 0.399 e. The molecule has 2 aromatic carbocycles. The third kappa shape index (κ3) is 2.99. The van der Waals surface area contributed by atoms with Crippen LogP contribution in [0.3, 0.4) is 0 Å². The van der Waals surface area contributed by atoms with E-state index in [9.17, 15) is 4.79 Å². The molecule has 2 aromatic rings. The smallest absolute Gasteiger partial charge is 0.260 e. The number of nitrogens with zero attached hydrogens (tertiary/aromatic N) is 2. The van der Waals surface area contributed by atoms with Gasteiger partial charge in [0.05, 0.1) is 5.56 Å². The number of hydrogen-bond acceptors (Lipinski definition) is 3.